The topological polar surface area (TPSA) is 55.2 Å². The molecule has 1 aliphatic heterocycles. The number of sulfonamides is 1. The Morgan fingerprint density at radius 2 is 1.95 bits per heavy atom. The Morgan fingerprint density at radius 1 is 1.20 bits per heavy atom. The maximum atomic E-state index is 12.4. The molecule has 6 heteroatoms. The van der Waals surface area contributed by atoms with Crippen LogP contribution in [0.2, 0.25) is 0 Å². The number of hydrogen-bond acceptors (Lipinski definition) is 3. The first kappa shape index (κ1) is 13.6. The minimum atomic E-state index is -3.22. The van der Waals surface area contributed by atoms with Crippen LogP contribution in [0.15, 0.2) is 24.3 Å². The summed E-state index contributed by atoms with van der Waals surface area (Å²) in [5.74, 6) is 0.841. The van der Waals surface area contributed by atoms with Gasteiger partial charge in [-0.05, 0) is 32.4 Å². The quantitative estimate of drug-likeness (QED) is 0.851. The van der Waals surface area contributed by atoms with Crippen LogP contribution in [0.1, 0.15) is 26.1 Å². The summed E-state index contributed by atoms with van der Waals surface area (Å²) in [6, 6.07) is 7.96. The van der Waals surface area contributed by atoms with Crippen LogP contribution in [0.5, 0.6) is 0 Å². The zero-order valence-corrected chi connectivity index (χ0v) is 12.6. The van der Waals surface area contributed by atoms with E-state index in [-0.39, 0.29) is 0 Å². The molecule has 1 aliphatic rings. The van der Waals surface area contributed by atoms with Gasteiger partial charge in [-0.25, -0.2) is 13.4 Å². The van der Waals surface area contributed by atoms with Gasteiger partial charge in [0.25, 0.3) is 0 Å². The summed E-state index contributed by atoms with van der Waals surface area (Å²) in [5.41, 5.74) is 2.03. The Bertz CT molecular complexity index is 734. The second-order valence-electron chi connectivity index (χ2n) is 5.45. The van der Waals surface area contributed by atoms with Crippen LogP contribution in [-0.2, 0) is 23.1 Å². The fraction of sp³-hybridized carbons (Fsp3) is 0.500. The summed E-state index contributed by atoms with van der Waals surface area (Å²) in [5, 5.41) is -0.390. The normalized spacial score (nSPS) is 17.4. The monoisotopic (exact) mass is 293 g/mol. The first-order chi connectivity index (χ1) is 9.50. The Labute approximate surface area is 119 Å². The van der Waals surface area contributed by atoms with Crippen molar-refractivity contribution in [3.05, 3.63) is 30.1 Å². The molecule has 0 unspecified atom stereocenters. The number of rotatable bonds is 2. The van der Waals surface area contributed by atoms with E-state index in [1.54, 1.807) is 18.2 Å². The third-order valence-electron chi connectivity index (χ3n) is 3.80. The molecule has 1 aromatic heterocycles. The van der Waals surface area contributed by atoms with E-state index in [0.29, 0.717) is 13.1 Å². The number of imidazole rings is 1. The average molecular weight is 293 g/mol. The van der Waals surface area contributed by atoms with Crippen LogP contribution in [-0.4, -0.2) is 34.1 Å². The summed E-state index contributed by atoms with van der Waals surface area (Å²) < 4.78 is 28.4. The Balaban J connectivity index is 2.04. The molecule has 0 N–H and O–H groups in total. The van der Waals surface area contributed by atoms with Gasteiger partial charge in [-0.15, -0.1) is 0 Å². The molecule has 108 valence electrons. The molecule has 20 heavy (non-hydrogen) atoms. The molecule has 0 radical (unpaired) electrons. The molecule has 0 saturated carbocycles. The Morgan fingerprint density at radius 3 is 2.70 bits per heavy atom. The van der Waals surface area contributed by atoms with Crippen molar-refractivity contribution >= 4 is 21.1 Å². The molecule has 0 amide bonds. The van der Waals surface area contributed by atoms with Gasteiger partial charge in [0.15, 0.2) is 0 Å². The van der Waals surface area contributed by atoms with E-state index in [0.717, 1.165) is 29.8 Å². The van der Waals surface area contributed by atoms with Crippen LogP contribution in [0.3, 0.4) is 0 Å². The molecule has 5 nitrogen and oxygen atoms in total. The van der Waals surface area contributed by atoms with E-state index >= 15 is 0 Å². The first-order valence-corrected chi connectivity index (χ1v) is 8.43. The summed E-state index contributed by atoms with van der Waals surface area (Å²) in [6.07, 6.45) is 0.819. The van der Waals surface area contributed by atoms with E-state index in [4.69, 9.17) is 0 Å². The molecular weight excluding hydrogens is 274 g/mol. The zero-order chi connectivity index (χ0) is 14.3. The van der Waals surface area contributed by atoms with Crippen molar-refractivity contribution in [2.24, 2.45) is 0 Å². The summed E-state index contributed by atoms with van der Waals surface area (Å²) >= 11 is 0. The van der Waals surface area contributed by atoms with Crippen molar-refractivity contribution in [2.45, 2.75) is 38.6 Å². The molecule has 1 aromatic carbocycles. The van der Waals surface area contributed by atoms with Gasteiger partial charge < -0.3 is 4.57 Å². The molecule has 0 aliphatic carbocycles. The third kappa shape index (κ3) is 2.13. The Hall–Kier alpha value is -1.40. The van der Waals surface area contributed by atoms with Gasteiger partial charge in [0.2, 0.25) is 10.0 Å². The number of nitrogens with zero attached hydrogens (tertiary/aromatic N) is 3. The van der Waals surface area contributed by atoms with Gasteiger partial charge in [0.05, 0.1) is 22.8 Å². The van der Waals surface area contributed by atoms with Crippen molar-refractivity contribution in [1.82, 2.24) is 13.9 Å². The summed E-state index contributed by atoms with van der Waals surface area (Å²) in [4.78, 5) is 4.59. The fourth-order valence-corrected chi connectivity index (χ4v) is 3.93. The number of aryl methyl sites for hydroxylation is 1. The van der Waals surface area contributed by atoms with E-state index in [9.17, 15) is 8.42 Å². The van der Waals surface area contributed by atoms with Gasteiger partial charge in [-0.2, -0.15) is 4.31 Å². The van der Waals surface area contributed by atoms with Crippen molar-refractivity contribution in [2.75, 3.05) is 6.54 Å². The average Bonchev–Trinajstić information content (AvgIpc) is 2.62. The lowest BCUT2D eigenvalue weighted by molar-refractivity contribution is 0.402. The van der Waals surface area contributed by atoms with Crippen molar-refractivity contribution in [3.8, 4) is 0 Å². The van der Waals surface area contributed by atoms with Crippen LogP contribution < -0.4 is 0 Å². The minimum absolute atomic E-state index is 0.370. The van der Waals surface area contributed by atoms with Gasteiger partial charge in [-0.3, -0.25) is 0 Å². The molecular formula is C14H19N3O2S. The van der Waals surface area contributed by atoms with Crippen LogP contribution >= 0.6 is 0 Å². The zero-order valence-electron chi connectivity index (χ0n) is 11.8. The molecule has 0 fully saturated rings. The lowest BCUT2D eigenvalue weighted by atomic mass is 10.3. The largest absolute Gasteiger partial charge is 0.327 e. The standard InChI is InChI=1S/C14H19N3O2S/c1-11(2)20(18,19)16-8-5-9-17-13-7-4-3-6-12(13)15-14(17)10-16/h3-4,6-7,11H,5,8-10H2,1-2H3. The van der Waals surface area contributed by atoms with E-state index in [1.165, 1.54) is 0 Å². The number of para-hydroxylation sites is 2. The second-order valence-corrected chi connectivity index (χ2v) is 7.94. The molecule has 0 spiro atoms. The van der Waals surface area contributed by atoms with Gasteiger partial charge in [0, 0.05) is 13.1 Å². The number of benzene rings is 1. The van der Waals surface area contributed by atoms with Gasteiger partial charge in [-0.1, -0.05) is 12.1 Å². The predicted molar refractivity (Wildman–Crippen MR) is 78.8 cm³/mol. The predicted octanol–water partition coefficient (Wildman–Crippen LogP) is 1.98. The smallest absolute Gasteiger partial charge is 0.216 e. The maximum Gasteiger partial charge on any atom is 0.216 e. The van der Waals surface area contributed by atoms with Gasteiger partial charge in [0.1, 0.15) is 5.82 Å². The molecule has 3 rings (SSSR count). The fourth-order valence-electron chi connectivity index (χ4n) is 2.65. The van der Waals surface area contributed by atoms with Crippen molar-refractivity contribution in [3.63, 3.8) is 0 Å². The number of fused-ring (bicyclic) bond motifs is 3. The highest BCUT2D eigenvalue weighted by molar-refractivity contribution is 7.89. The van der Waals surface area contributed by atoms with Crippen LogP contribution in [0.4, 0.5) is 0 Å². The van der Waals surface area contributed by atoms with Crippen molar-refractivity contribution < 1.29 is 8.42 Å². The van der Waals surface area contributed by atoms with Crippen molar-refractivity contribution in [1.29, 1.82) is 0 Å². The maximum absolute atomic E-state index is 12.4. The third-order valence-corrected chi connectivity index (χ3v) is 6.02. The van der Waals surface area contributed by atoms with E-state index in [1.807, 2.05) is 24.3 Å². The highest BCUT2D eigenvalue weighted by Gasteiger charge is 2.29. The highest BCUT2D eigenvalue weighted by Crippen LogP contribution is 2.23. The molecule has 0 atom stereocenters. The van der Waals surface area contributed by atoms with E-state index < -0.39 is 15.3 Å². The lowest BCUT2D eigenvalue weighted by Gasteiger charge is -2.21. The highest BCUT2D eigenvalue weighted by atomic mass is 32.2. The van der Waals surface area contributed by atoms with Crippen LogP contribution in [0.25, 0.3) is 11.0 Å². The van der Waals surface area contributed by atoms with Gasteiger partial charge >= 0.3 is 0 Å². The minimum Gasteiger partial charge on any atom is -0.327 e. The van der Waals surface area contributed by atoms with E-state index in [2.05, 4.69) is 9.55 Å². The SMILES string of the molecule is CC(C)S(=O)(=O)N1CCCn2c(nc3ccccc32)C1. The molecule has 2 heterocycles. The van der Waals surface area contributed by atoms with Crippen LogP contribution in [0, 0.1) is 0 Å². The number of aromatic nitrogens is 2. The Kier molecular flexibility index (Phi) is 3.30. The number of hydrogen-bond donors (Lipinski definition) is 0. The summed E-state index contributed by atoms with van der Waals surface area (Å²) in [7, 11) is -3.22. The molecule has 0 bridgehead atoms. The second kappa shape index (κ2) is 4.86. The first-order valence-electron chi connectivity index (χ1n) is 6.93. The molecule has 0 saturated heterocycles. The lowest BCUT2D eigenvalue weighted by Crippen LogP contribution is -2.36. The molecule has 2 aromatic rings. The summed E-state index contributed by atoms with van der Waals surface area (Å²) in [6.45, 7) is 5.21.